The quantitative estimate of drug-likeness (QED) is 0.690. The molecule has 7 nitrogen and oxygen atoms in total. The molecular formula is C22H23FN6O. The van der Waals surface area contributed by atoms with Gasteiger partial charge in [0.1, 0.15) is 11.6 Å². The molecule has 0 saturated carbocycles. The Bertz CT molecular complexity index is 1080. The van der Waals surface area contributed by atoms with Crippen molar-refractivity contribution >= 4 is 17.5 Å². The third-order valence-electron chi connectivity index (χ3n) is 5.17. The van der Waals surface area contributed by atoms with E-state index in [9.17, 15) is 9.18 Å². The maximum absolute atomic E-state index is 13.4. The molecule has 1 fully saturated rings. The van der Waals surface area contributed by atoms with Gasteiger partial charge in [-0.25, -0.2) is 24.1 Å². The second-order valence-corrected chi connectivity index (χ2v) is 7.68. The minimum atomic E-state index is -0.302. The van der Waals surface area contributed by atoms with Crippen LogP contribution in [-0.4, -0.2) is 39.0 Å². The molecule has 1 aromatic carbocycles. The van der Waals surface area contributed by atoms with E-state index >= 15 is 0 Å². The summed E-state index contributed by atoms with van der Waals surface area (Å²) in [5, 5.41) is 2.79. The largest absolute Gasteiger partial charge is 0.396 e. The van der Waals surface area contributed by atoms with Crippen LogP contribution in [0.1, 0.15) is 17.0 Å². The molecule has 2 aromatic heterocycles. The molecule has 0 atom stereocenters. The van der Waals surface area contributed by atoms with Gasteiger partial charge in [-0.15, -0.1) is 0 Å². The van der Waals surface area contributed by atoms with Crippen LogP contribution in [0.3, 0.4) is 0 Å². The van der Waals surface area contributed by atoms with Gasteiger partial charge in [0.15, 0.2) is 5.82 Å². The summed E-state index contributed by atoms with van der Waals surface area (Å²) in [5.41, 5.74) is 9.57. The molecule has 0 aliphatic carbocycles. The van der Waals surface area contributed by atoms with Crippen LogP contribution >= 0.6 is 0 Å². The zero-order valence-corrected chi connectivity index (χ0v) is 16.9. The topological polar surface area (TPSA) is 97.0 Å². The standard InChI is InChI=1S/C22H23FN6O/c1-13-9-25-20(26-10-13)8-15-11-29(12-15)22(30)28-21-18(24)5-6-19(27-21)17-4-3-16(23)7-14(17)2/h3-7,9-10,15H,8,11-12,24H2,1-2H3,(H,27,28,30). The predicted octanol–water partition coefficient (Wildman–Crippen LogP) is 3.58. The number of hydrogen-bond acceptors (Lipinski definition) is 5. The Hall–Kier alpha value is -3.55. The van der Waals surface area contributed by atoms with Crippen LogP contribution in [0.5, 0.6) is 0 Å². The fourth-order valence-electron chi connectivity index (χ4n) is 3.46. The van der Waals surface area contributed by atoms with Crippen molar-refractivity contribution < 1.29 is 9.18 Å². The summed E-state index contributed by atoms with van der Waals surface area (Å²) in [6.45, 7) is 5.01. The molecule has 30 heavy (non-hydrogen) atoms. The van der Waals surface area contributed by atoms with Gasteiger partial charge in [-0.2, -0.15) is 0 Å². The molecular weight excluding hydrogens is 383 g/mol. The minimum absolute atomic E-state index is 0.247. The lowest BCUT2D eigenvalue weighted by molar-refractivity contribution is 0.130. The molecule has 8 heteroatoms. The Morgan fingerprint density at radius 1 is 1.20 bits per heavy atom. The first-order valence-electron chi connectivity index (χ1n) is 9.75. The number of benzene rings is 1. The third-order valence-corrected chi connectivity index (χ3v) is 5.17. The monoisotopic (exact) mass is 406 g/mol. The zero-order valence-electron chi connectivity index (χ0n) is 16.9. The smallest absolute Gasteiger partial charge is 0.323 e. The molecule has 2 amide bonds. The molecule has 0 unspecified atom stereocenters. The number of nitrogens with zero attached hydrogens (tertiary/aromatic N) is 4. The lowest BCUT2D eigenvalue weighted by atomic mass is 9.96. The van der Waals surface area contributed by atoms with E-state index in [2.05, 4.69) is 20.3 Å². The van der Waals surface area contributed by atoms with Crippen LogP contribution in [0.4, 0.5) is 20.7 Å². The van der Waals surface area contributed by atoms with E-state index in [1.807, 2.05) is 13.8 Å². The van der Waals surface area contributed by atoms with Crippen molar-refractivity contribution in [3.05, 3.63) is 65.5 Å². The van der Waals surface area contributed by atoms with Crippen molar-refractivity contribution in [2.24, 2.45) is 5.92 Å². The maximum Gasteiger partial charge on any atom is 0.323 e. The fourth-order valence-corrected chi connectivity index (χ4v) is 3.46. The highest BCUT2D eigenvalue weighted by atomic mass is 19.1. The lowest BCUT2D eigenvalue weighted by Crippen LogP contribution is -2.52. The first-order valence-corrected chi connectivity index (χ1v) is 9.75. The number of likely N-dealkylation sites (tertiary alicyclic amines) is 1. The van der Waals surface area contributed by atoms with Crippen molar-refractivity contribution in [2.75, 3.05) is 24.1 Å². The summed E-state index contributed by atoms with van der Waals surface area (Å²) in [5.74, 6) is 1.12. The summed E-state index contributed by atoms with van der Waals surface area (Å²) in [6.07, 6.45) is 4.34. The molecule has 3 aromatic rings. The Labute approximate surface area is 174 Å². The van der Waals surface area contributed by atoms with Crippen LogP contribution in [0.15, 0.2) is 42.7 Å². The fraction of sp³-hybridized carbons (Fsp3) is 0.273. The van der Waals surface area contributed by atoms with Gasteiger partial charge in [0.2, 0.25) is 0 Å². The summed E-state index contributed by atoms with van der Waals surface area (Å²) in [6, 6.07) is 7.70. The number of urea groups is 1. The van der Waals surface area contributed by atoms with Crippen LogP contribution < -0.4 is 11.1 Å². The van der Waals surface area contributed by atoms with Gasteiger partial charge in [0, 0.05) is 43.4 Å². The molecule has 154 valence electrons. The van der Waals surface area contributed by atoms with Gasteiger partial charge in [-0.1, -0.05) is 0 Å². The number of carbonyl (C=O) groups excluding carboxylic acids is 1. The van der Waals surface area contributed by atoms with Gasteiger partial charge in [-0.05, 0) is 55.3 Å². The number of nitrogens with two attached hydrogens (primary N) is 1. The molecule has 1 aliphatic rings. The molecule has 1 saturated heterocycles. The molecule has 0 spiro atoms. The highest BCUT2D eigenvalue weighted by Gasteiger charge is 2.31. The number of pyridine rings is 1. The number of amides is 2. The van der Waals surface area contributed by atoms with E-state index in [1.54, 1.807) is 35.5 Å². The number of hydrogen-bond donors (Lipinski definition) is 2. The van der Waals surface area contributed by atoms with E-state index in [4.69, 9.17) is 5.73 Å². The van der Waals surface area contributed by atoms with E-state index < -0.39 is 0 Å². The number of halogens is 1. The van der Waals surface area contributed by atoms with E-state index in [1.165, 1.54) is 12.1 Å². The van der Waals surface area contributed by atoms with Crippen molar-refractivity contribution in [3.63, 3.8) is 0 Å². The Balaban J connectivity index is 1.39. The minimum Gasteiger partial charge on any atom is -0.396 e. The Morgan fingerprint density at radius 2 is 1.93 bits per heavy atom. The maximum atomic E-state index is 13.4. The summed E-state index contributed by atoms with van der Waals surface area (Å²) in [7, 11) is 0. The average molecular weight is 406 g/mol. The number of nitrogen functional groups attached to an aromatic ring is 1. The summed E-state index contributed by atoms with van der Waals surface area (Å²) < 4.78 is 13.4. The van der Waals surface area contributed by atoms with Gasteiger partial charge in [-0.3, -0.25) is 5.32 Å². The first-order chi connectivity index (χ1) is 14.4. The number of carbonyl (C=O) groups is 1. The lowest BCUT2D eigenvalue weighted by Gasteiger charge is -2.38. The van der Waals surface area contributed by atoms with Crippen LogP contribution in [0.25, 0.3) is 11.3 Å². The predicted molar refractivity (Wildman–Crippen MR) is 113 cm³/mol. The first kappa shape index (κ1) is 19.8. The third kappa shape index (κ3) is 4.22. The number of nitrogens with one attached hydrogen (secondary N) is 1. The zero-order chi connectivity index (χ0) is 21.3. The molecule has 0 bridgehead atoms. The van der Waals surface area contributed by atoms with Crippen molar-refractivity contribution in [2.45, 2.75) is 20.3 Å². The van der Waals surface area contributed by atoms with Crippen LogP contribution in [0.2, 0.25) is 0 Å². The summed E-state index contributed by atoms with van der Waals surface area (Å²) >= 11 is 0. The van der Waals surface area contributed by atoms with Crippen molar-refractivity contribution in [3.8, 4) is 11.3 Å². The van der Waals surface area contributed by atoms with Gasteiger partial charge < -0.3 is 10.6 Å². The van der Waals surface area contributed by atoms with Crippen molar-refractivity contribution in [1.29, 1.82) is 0 Å². The second kappa shape index (κ2) is 8.06. The van der Waals surface area contributed by atoms with Crippen LogP contribution in [0, 0.1) is 25.6 Å². The highest BCUT2D eigenvalue weighted by Crippen LogP contribution is 2.27. The summed E-state index contributed by atoms with van der Waals surface area (Å²) in [4.78, 5) is 27.4. The molecule has 3 heterocycles. The van der Waals surface area contributed by atoms with E-state index in [0.29, 0.717) is 36.2 Å². The molecule has 3 N–H and O–H groups in total. The van der Waals surface area contributed by atoms with E-state index in [0.717, 1.165) is 28.9 Å². The number of aromatic nitrogens is 3. The Morgan fingerprint density at radius 3 is 2.63 bits per heavy atom. The average Bonchev–Trinajstić information content (AvgIpc) is 2.67. The van der Waals surface area contributed by atoms with Gasteiger partial charge >= 0.3 is 6.03 Å². The van der Waals surface area contributed by atoms with Gasteiger partial charge in [0.25, 0.3) is 0 Å². The van der Waals surface area contributed by atoms with Crippen molar-refractivity contribution in [1.82, 2.24) is 19.9 Å². The number of rotatable bonds is 4. The molecule has 1 aliphatic heterocycles. The normalized spacial score (nSPS) is 13.8. The Kier molecular flexibility index (Phi) is 5.31. The SMILES string of the molecule is Cc1cnc(CC2CN(C(=O)Nc3nc(-c4ccc(F)cc4C)ccc3N)C2)nc1. The number of aryl methyl sites for hydroxylation is 2. The molecule has 0 radical (unpaired) electrons. The van der Waals surface area contributed by atoms with E-state index in [-0.39, 0.29) is 11.8 Å². The second-order valence-electron chi connectivity index (χ2n) is 7.68. The van der Waals surface area contributed by atoms with Gasteiger partial charge in [0.05, 0.1) is 11.4 Å². The highest BCUT2D eigenvalue weighted by molar-refractivity contribution is 5.92. The van der Waals surface area contributed by atoms with Crippen LogP contribution in [-0.2, 0) is 6.42 Å². The number of anilines is 2. The molecule has 4 rings (SSSR count).